The fourth-order valence-electron chi connectivity index (χ4n) is 3.47. The molecule has 2 saturated heterocycles. The summed E-state index contributed by atoms with van der Waals surface area (Å²) in [4.78, 5) is 14.3. The maximum atomic E-state index is 12.9. The van der Waals surface area contributed by atoms with Gasteiger partial charge >= 0.3 is 6.18 Å². The summed E-state index contributed by atoms with van der Waals surface area (Å²) in [5, 5.41) is 9.97. The lowest BCUT2D eigenvalue weighted by molar-refractivity contribution is -0.139. The van der Waals surface area contributed by atoms with Gasteiger partial charge in [0, 0.05) is 25.7 Å². The molecule has 4 nitrogen and oxygen atoms in total. The van der Waals surface area contributed by atoms with Crippen LogP contribution in [0.1, 0.15) is 36.4 Å². The van der Waals surface area contributed by atoms with Crippen LogP contribution in [0.5, 0.6) is 0 Å². The number of carbonyl (C=O) groups excluding carboxylic acids is 1. The fourth-order valence-corrected chi connectivity index (χ4v) is 3.47. The van der Waals surface area contributed by atoms with Crippen LogP contribution in [0, 0.1) is 5.92 Å². The molecule has 7 heteroatoms. The third kappa shape index (κ3) is 3.57. The van der Waals surface area contributed by atoms with E-state index in [1.807, 2.05) is 0 Å². The molecule has 0 radical (unpaired) electrons. The second-order valence-corrected chi connectivity index (χ2v) is 6.41. The Morgan fingerprint density at radius 2 is 1.96 bits per heavy atom. The molecule has 1 N–H and O–H groups in total. The van der Waals surface area contributed by atoms with E-state index in [1.54, 1.807) is 6.07 Å². The topological polar surface area (TPSA) is 49.8 Å². The molecule has 0 aliphatic carbocycles. The van der Waals surface area contributed by atoms with Crippen LogP contribution in [0.25, 0.3) is 0 Å². The Bertz CT molecular complexity index is 599. The minimum atomic E-state index is -4.43. The fraction of sp³-hybridized carbons (Fsp3) is 0.588. The maximum Gasteiger partial charge on any atom is 0.416 e. The van der Waals surface area contributed by atoms with Gasteiger partial charge in [-0.1, -0.05) is 12.1 Å². The monoisotopic (exact) mass is 343 g/mol. The Hall–Kier alpha value is -1.60. The Labute approximate surface area is 138 Å². The third-order valence-electron chi connectivity index (χ3n) is 4.73. The minimum absolute atomic E-state index is 0.0998. The molecule has 24 heavy (non-hydrogen) atoms. The highest BCUT2D eigenvalue weighted by molar-refractivity contribution is 5.80. The van der Waals surface area contributed by atoms with Crippen molar-refractivity contribution in [1.29, 1.82) is 0 Å². The zero-order valence-corrected chi connectivity index (χ0v) is 13.1. The van der Waals surface area contributed by atoms with Crippen molar-refractivity contribution in [1.82, 2.24) is 4.90 Å². The van der Waals surface area contributed by atoms with Gasteiger partial charge in [0.15, 0.2) is 0 Å². The first kappa shape index (κ1) is 17.2. The highest BCUT2D eigenvalue weighted by atomic mass is 19.4. The van der Waals surface area contributed by atoms with Gasteiger partial charge in [0.05, 0.1) is 17.7 Å². The summed E-state index contributed by atoms with van der Waals surface area (Å²) in [6.07, 6.45) is -3.66. The SMILES string of the molecule is O=C(C1CCOCC1)N1C[C@H](O)C[C@H]1c1cccc(C(F)(F)F)c1. The van der Waals surface area contributed by atoms with Crippen LogP contribution in [-0.4, -0.2) is 41.8 Å². The van der Waals surface area contributed by atoms with E-state index in [4.69, 9.17) is 4.74 Å². The van der Waals surface area contributed by atoms with Gasteiger partial charge in [-0.2, -0.15) is 13.2 Å². The highest BCUT2D eigenvalue weighted by Crippen LogP contribution is 2.37. The lowest BCUT2D eigenvalue weighted by atomic mass is 9.96. The molecule has 2 aliphatic heterocycles. The van der Waals surface area contributed by atoms with Gasteiger partial charge in [0.1, 0.15) is 0 Å². The predicted octanol–water partition coefficient (Wildman–Crippen LogP) is 2.77. The maximum absolute atomic E-state index is 12.9. The number of rotatable bonds is 2. The van der Waals surface area contributed by atoms with Crippen LogP contribution < -0.4 is 0 Å². The molecule has 1 aromatic carbocycles. The normalized spacial score (nSPS) is 25.9. The molecule has 3 rings (SSSR count). The Kier molecular flexibility index (Phi) is 4.83. The van der Waals surface area contributed by atoms with Crippen LogP contribution in [0.15, 0.2) is 24.3 Å². The van der Waals surface area contributed by atoms with Crippen molar-refractivity contribution < 1.29 is 27.8 Å². The van der Waals surface area contributed by atoms with E-state index < -0.39 is 23.9 Å². The first-order valence-corrected chi connectivity index (χ1v) is 8.09. The molecule has 0 saturated carbocycles. The number of ether oxygens (including phenoxy) is 1. The van der Waals surface area contributed by atoms with Gasteiger partial charge < -0.3 is 14.7 Å². The zero-order chi connectivity index (χ0) is 17.3. The summed E-state index contributed by atoms with van der Waals surface area (Å²) < 4.78 is 44.1. The predicted molar refractivity (Wildman–Crippen MR) is 80.1 cm³/mol. The molecule has 0 bridgehead atoms. The summed E-state index contributed by atoms with van der Waals surface area (Å²) >= 11 is 0. The first-order valence-electron chi connectivity index (χ1n) is 8.09. The second-order valence-electron chi connectivity index (χ2n) is 6.41. The van der Waals surface area contributed by atoms with Gasteiger partial charge in [-0.15, -0.1) is 0 Å². The molecule has 2 aliphatic rings. The van der Waals surface area contributed by atoms with Crippen molar-refractivity contribution in [2.24, 2.45) is 5.92 Å². The van der Waals surface area contributed by atoms with Crippen molar-refractivity contribution in [2.75, 3.05) is 19.8 Å². The van der Waals surface area contributed by atoms with Gasteiger partial charge in [0.2, 0.25) is 5.91 Å². The van der Waals surface area contributed by atoms with Crippen molar-refractivity contribution in [3.05, 3.63) is 35.4 Å². The second kappa shape index (κ2) is 6.72. The summed E-state index contributed by atoms with van der Waals surface area (Å²) in [5.41, 5.74) is -0.318. The lowest BCUT2D eigenvalue weighted by Crippen LogP contribution is -2.38. The Morgan fingerprint density at radius 1 is 1.25 bits per heavy atom. The number of nitrogens with zero attached hydrogens (tertiary/aromatic N) is 1. The van der Waals surface area contributed by atoms with Crippen LogP contribution >= 0.6 is 0 Å². The van der Waals surface area contributed by atoms with E-state index >= 15 is 0 Å². The molecule has 0 spiro atoms. The van der Waals surface area contributed by atoms with Crippen LogP contribution in [0.3, 0.4) is 0 Å². The largest absolute Gasteiger partial charge is 0.416 e. The summed E-state index contributed by atoms with van der Waals surface area (Å²) in [5.74, 6) is -0.283. The number of hydrogen-bond donors (Lipinski definition) is 1. The molecule has 2 atom stereocenters. The Balaban J connectivity index is 1.84. The van der Waals surface area contributed by atoms with E-state index in [2.05, 4.69) is 0 Å². The van der Waals surface area contributed by atoms with Crippen molar-refractivity contribution in [2.45, 2.75) is 37.6 Å². The highest BCUT2D eigenvalue weighted by Gasteiger charge is 2.39. The minimum Gasteiger partial charge on any atom is -0.391 e. The summed E-state index contributed by atoms with van der Waals surface area (Å²) in [6.45, 7) is 1.19. The number of aliphatic hydroxyl groups excluding tert-OH is 1. The number of likely N-dealkylation sites (tertiary alicyclic amines) is 1. The molecule has 2 fully saturated rings. The van der Waals surface area contributed by atoms with Crippen LogP contribution in [-0.2, 0) is 15.7 Å². The molecule has 0 aromatic heterocycles. The smallest absolute Gasteiger partial charge is 0.391 e. The third-order valence-corrected chi connectivity index (χ3v) is 4.73. The van der Waals surface area contributed by atoms with E-state index in [9.17, 15) is 23.1 Å². The molecule has 0 unspecified atom stereocenters. The summed E-state index contributed by atoms with van der Waals surface area (Å²) in [6, 6.07) is 4.51. The van der Waals surface area contributed by atoms with Gasteiger partial charge in [-0.05, 0) is 37.0 Å². The summed E-state index contributed by atoms with van der Waals surface area (Å²) in [7, 11) is 0. The lowest BCUT2D eigenvalue weighted by Gasteiger charge is -2.31. The van der Waals surface area contributed by atoms with Crippen molar-refractivity contribution >= 4 is 5.91 Å². The molecule has 1 amide bonds. The number of benzene rings is 1. The van der Waals surface area contributed by atoms with Crippen LogP contribution in [0.4, 0.5) is 13.2 Å². The number of alkyl halides is 3. The Morgan fingerprint density at radius 3 is 2.62 bits per heavy atom. The van der Waals surface area contributed by atoms with E-state index in [1.165, 1.54) is 11.0 Å². The van der Waals surface area contributed by atoms with Crippen molar-refractivity contribution in [3.63, 3.8) is 0 Å². The molecular weight excluding hydrogens is 323 g/mol. The number of β-amino-alcohol motifs (C(OH)–C–C–N with tert-alkyl or cyclic N) is 1. The van der Waals surface area contributed by atoms with E-state index in [-0.39, 0.29) is 24.8 Å². The van der Waals surface area contributed by atoms with Gasteiger partial charge in [0.25, 0.3) is 0 Å². The van der Waals surface area contributed by atoms with E-state index in [0.29, 0.717) is 31.6 Å². The quantitative estimate of drug-likeness (QED) is 0.898. The molecular formula is C17H20F3NO3. The molecule has 132 valence electrons. The van der Waals surface area contributed by atoms with Gasteiger partial charge in [-0.25, -0.2) is 0 Å². The molecule has 1 aromatic rings. The van der Waals surface area contributed by atoms with Crippen LogP contribution in [0.2, 0.25) is 0 Å². The number of amides is 1. The average molecular weight is 343 g/mol. The molecule has 2 heterocycles. The average Bonchev–Trinajstić information content (AvgIpc) is 2.96. The first-order chi connectivity index (χ1) is 11.4. The van der Waals surface area contributed by atoms with Crippen molar-refractivity contribution in [3.8, 4) is 0 Å². The number of aliphatic hydroxyl groups is 1. The number of halogens is 3. The van der Waals surface area contributed by atoms with Gasteiger partial charge in [-0.3, -0.25) is 4.79 Å². The number of carbonyl (C=O) groups is 1. The standard InChI is InChI=1S/C17H20F3NO3/c18-17(19,20)13-3-1-2-12(8-13)15-9-14(22)10-21(15)16(23)11-4-6-24-7-5-11/h1-3,8,11,14-15,22H,4-7,9-10H2/t14-,15+/m1/s1. The van der Waals surface area contributed by atoms with E-state index in [0.717, 1.165) is 12.1 Å². The number of hydrogen-bond acceptors (Lipinski definition) is 3. The zero-order valence-electron chi connectivity index (χ0n) is 13.1.